The Morgan fingerprint density at radius 3 is 3.00 bits per heavy atom. The minimum Gasteiger partial charge on any atom is -0.328 e. The predicted octanol–water partition coefficient (Wildman–Crippen LogP) is 1.99. The van der Waals surface area contributed by atoms with Crippen molar-refractivity contribution in [2.24, 2.45) is 0 Å². The molecule has 1 heterocycles. The molecule has 1 aromatic rings. The summed E-state index contributed by atoms with van der Waals surface area (Å²) in [4.78, 5) is 12.3. The normalized spacial score (nSPS) is 14.8. The first kappa shape index (κ1) is 7.43. The lowest BCUT2D eigenvalue weighted by atomic mass is 10.2. The molecule has 0 aliphatic carbocycles. The Bertz CT molecular complexity index is 346. The number of thioether (sulfide) groups is 1. The fourth-order valence-electron chi connectivity index (χ4n) is 1.05. The monoisotopic (exact) mass is 177 g/mol. The number of amides is 1. The van der Waals surface area contributed by atoms with E-state index in [1.165, 1.54) is 0 Å². The minimum absolute atomic E-state index is 0.0353. The quantitative estimate of drug-likeness (QED) is 0.656. The molecule has 1 aromatic carbocycles. The Hall–Kier alpha value is -1.22. The number of hydrogen-bond donors (Lipinski definition) is 1. The van der Waals surface area contributed by atoms with Gasteiger partial charge in [0, 0.05) is 11.1 Å². The molecule has 2 rings (SSSR count). The Balaban J connectivity index is 2.52. The van der Waals surface area contributed by atoms with Crippen LogP contribution < -0.4 is 5.32 Å². The Morgan fingerprint density at radius 1 is 1.25 bits per heavy atom. The molecule has 1 amide bonds. The zero-order chi connectivity index (χ0) is 8.39. The molecular weight excluding hydrogens is 170 g/mol. The van der Waals surface area contributed by atoms with Gasteiger partial charge in [0.25, 0.3) is 5.91 Å². The lowest BCUT2D eigenvalue weighted by molar-refractivity contribution is 0.0968. The maximum absolute atomic E-state index is 11.3. The van der Waals surface area contributed by atoms with Gasteiger partial charge in [-0.2, -0.15) is 0 Å². The van der Waals surface area contributed by atoms with E-state index in [9.17, 15) is 4.79 Å². The van der Waals surface area contributed by atoms with E-state index in [0.29, 0.717) is 0 Å². The first-order chi connectivity index (χ1) is 5.88. The number of nitrogens with one attached hydrogen (secondary N) is 1. The van der Waals surface area contributed by atoms with Gasteiger partial charge in [0.1, 0.15) is 0 Å². The zero-order valence-electron chi connectivity index (χ0n) is 6.28. The average molecular weight is 177 g/mol. The van der Waals surface area contributed by atoms with Gasteiger partial charge >= 0.3 is 0 Å². The minimum atomic E-state index is -0.0353. The van der Waals surface area contributed by atoms with Crippen molar-refractivity contribution in [3.8, 4) is 0 Å². The third-order valence-corrected chi connectivity index (χ3v) is 2.49. The van der Waals surface area contributed by atoms with Crippen LogP contribution in [0.1, 0.15) is 10.4 Å². The maximum atomic E-state index is 11.3. The lowest BCUT2D eigenvalue weighted by Crippen LogP contribution is -2.16. The topological polar surface area (TPSA) is 29.1 Å². The Kier molecular flexibility index (Phi) is 1.87. The van der Waals surface area contributed by atoms with Crippen molar-refractivity contribution >= 4 is 17.7 Å². The molecule has 0 radical (unpaired) electrons. The van der Waals surface area contributed by atoms with Crippen LogP contribution in [0.15, 0.2) is 40.8 Å². The van der Waals surface area contributed by atoms with Gasteiger partial charge in [-0.15, -0.1) is 0 Å². The third kappa shape index (κ3) is 1.23. The molecule has 0 spiro atoms. The first-order valence-electron chi connectivity index (χ1n) is 3.59. The van der Waals surface area contributed by atoms with Crippen LogP contribution in [-0.2, 0) is 0 Å². The van der Waals surface area contributed by atoms with Gasteiger partial charge in [-0.05, 0) is 17.5 Å². The van der Waals surface area contributed by atoms with Crippen molar-refractivity contribution in [2.75, 3.05) is 0 Å². The highest BCUT2D eigenvalue weighted by molar-refractivity contribution is 8.02. The lowest BCUT2D eigenvalue weighted by Gasteiger charge is -2.00. The molecule has 0 bridgehead atoms. The van der Waals surface area contributed by atoms with Gasteiger partial charge in [-0.3, -0.25) is 4.79 Å². The summed E-state index contributed by atoms with van der Waals surface area (Å²) < 4.78 is 0. The number of benzene rings is 1. The highest BCUT2D eigenvalue weighted by Gasteiger charge is 2.10. The molecule has 2 nitrogen and oxygen atoms in total. The standard InChI is InChI=1S/C9H7NOS/c11-9-7-3-1-2-4-8(7)12-6-5-10-9/h1-6H,(H,10,11). The fourth-order valence-corrected chi connectivity index (χ4v) is 1.78. The van der Waals surface area contributed by atoms with Crippen LogP contribution in [-0.4, -0.2) is 5.91 Å². The second-order valence-corrected chi connectivity index (χ2v) is 3.34. The molecule has 0 aromatic heterocycles. The third-order valence-electron chi connectivity index (χ3n) is 1.61. The van der Waals surface area contributed by atoms with Crippen molar-refractivity contribution in [1.29, 1.82) is 0 Å². The summed E-state index contributed by atoms with van der Waals surface area (Å²) in [5, 5.41) is 4.53. The van der Waals surface area contributed by atoms with Crippen LogP contribution in [0.5, 0.6) is 0 Å². The van der Waals surface area contributed by atoms with Crippen LogP contribution in [0.3, 0.4) is 0 Å². The first-order valence-corrected chi connectivity index (χ1v) is 4.47. The van der Waals surface area contributed by atoms with Crippen LogP contribution >= 0.6 is 11.8 Å². The van der Waals surface area contributed by atoms with E-state index in [-0.39, 0.29) is 5.91 Å². The van der Waals surface area contributed by atoms with Crippen LogP contribution in [0.2, 0.25) is 0 Å². The summed E-state index contributed by atoms with van der Waals surface area (Å²) in [6, 6.07) is 7.56. The second-order valence-electron chi connectivity index (χ2n) is 2.39. The SMILES string of the molecule is O=C1NC=CSc2ccccc21. The van der Waals surface area contributed by atoms with E-state index in [2.05, 4.69) is 5.32 Å². The van der Waals surface area contributed by atoms with Crippen LogP contribution in [0.25, 0.3) is 0 Å². The Morgan fingerprint density at radius 2 is 2.08 bits per heavy atom. The number of rotatable bonds is 0. The average Bonchev–Trinajstić information content (AvgIpc) is 2.29. The predicted molar refractivity (Wildman–Crippen MR) is 48.9 cm³/mol. The fraction of sp³-hybridized carbons (Fsp3) is 0. The van der Waals surface area contributed by atoms with E-state index < -0.39 is 0 Å². The number of fused-ring (bicyclic) bond motifs is 1. The van der Waals surface area contributed by atoms with E-state index in [0.717, 1.165) is 10.5 Å². The van der Waals surface area contributed by atoms with E-state index >= 15 is 0 Å². The molecule has 1 N–H and O–H groups in total. The van der Waals surface area contributed by atoms with Gasteiger partial charge in [-0.1, -0.05) is 23.9 Å². The van der Waals surface area contributed by atoms with E-state index in [4.69, 9.17) is 0 Å². The molecule has 0 fully saturated rings. The van der Waals surface area contributed by atoms with E-state index in [1.807, 2.05) is 29.7 Å². The maximum Gasteiger partial charge on any atom is 0.256 e. The van der Waals surface area contributed by atoms with Gasteiger partial charge in [0.15, 0.2) is 0 Å². The van der Waals surface area contributed by atoms with Crippen molar-refractivity contribution in [2.45, 2.75) is 4.90 Å². The van der Waals surface area contributed by atoms with Gasteiger partial charge < -0.3 is 5.32 Å². The Labute approximate surface area is 74.7 Å². The molecule has 12 heavy (non-hydrogen) atoms. The molecule has 0 saturated carbocycles. The van der Waals surface area contributed by atoms with Gasteiger partial charge in [0.05, 0.1) is 5.56 Å². The molecule has 60 valence electrons. The van der Waals surface area contributed by atoms with Crippen molar-refractivity contribution in [1.82, 2.24) is 5.32 Å². The van der Waals surface area contributed by atoms with Gasteiger partial charge in [-0.25, -0.2) is 0 Å². The highest BCUT2D eigenvalue weighted by Crippen LogP contribution is 2.24. The molecule has 0 saturated heterocycles. The van der Waals surface area contributed by atoms with E-state index in [1.54, 1.807) is 18.0 Å². The number of hydrogen-bond acceptors (Lipinski definition) is 2. The summed E-state index contributed by atoms with van der Waals surface area (Å²) in [5.74, 6) is -0.0353. The summed E-state index contributed by atoms with van der Waals surface area (Å²) in [6.45, 7) is 0. The molecule has 3 heteroatoms. The molecule has 1 aliphatic heterocycles. The molecule has 1 aliphatic rings. The molecule has 0 unspecified atom stereocenters. The summed E-state index contributed by atoms with van der Waals surface area (Å²) in [7, 11) is 0. The summed E-state index contributed by atoms with van der Waals surface area (Å²) >= 11 is 1.55. The number of carbonyl (C=O) groups is 1. The van der Waals surface area contributed by atoms with Gasteiger partial charge in [0.2, 0.25) is 0 Å². The molecular formula is C9H7NOS. The summed E-state index contributed by atoms with van der Waals surface area (Å²) in [5.41, 5.74) is 0.743. The van der Waals surface area contributed by atoms with Crippen molar-refractivity contribution < 1.29 is 4.79 Å². The molecule has 0 atom stereocenters. The van der Waals surface area contributed by atoms with Crippen molar-refractivity contribution in [3.63, 3.8) is 0 Å². The van der Waals surface area contributed by atoms with Crippen molar-refractivity contribution in [3.05, 3.63) is 41.4 Å². The zero-order valence-corrected chi connectivity index (χ0v) is 7.10. The summed E-state index contributed by atoms with van der Waals surface area (Å²) in [6.07, 6.45) is 1.66. The smallest absolute Gasteiger partial charge is 0.256 e. The highest BCUT2D eigenvalue weighted by atomic mass is 32.2. The number of carbonyl (C=O) groups excluding carboxylic acids is 1. The van der Waals surface area contributed by atoms with Crippen LogP contribution in [0, 0.1) is 0 Å². The second kappa shape index (κ2) is 3.03. The van der Waals surface area contributed by atoms with Crippen LogP contribution in [0.4, 0.5) is 0 Å². The largest absolute Gasteiger partial charge is 0.328 e.